The Kier molecular flexibility index (Phi) is 6.94. The number of aromatic nitrogens is 1. The molecule has 0 atom stereocenters. The zero-order chi connectivity index (χ0) is 24.3. The van der Waals surface area contributed by atoms with Gasteiger partial charge in [-0.1, -0.05) is 6.92 Å². The number of ether oxygens (including phenoxy) is 2. The molecule has 182 valence electrons. The molecule has 0 spiro atoms. The fourth-order valence-electron chi connectivity index (χ4n) is 3.88. The van der Waals surface area contributed by atoms with Gasteiger partial charge in [-0.3, -0.25) is 9.36 Å². The molecule has 0 amide bonds. The molecule has 0 aliphatic carbocycles. The molecular weight excluding hydrogens is 462 g/mol. The summed E-state index contributed by atoms with van der Waals surface area (Å²) in [4.78, 5) is 26.3. The van der Waals surface area contributed by atoms with Gasteiger partial charge in [0.1, 0.15) is 12.3 Å². The van der Waals surface area contributed by atoms with Crippen molar-refractivity contribution in [1.29, 1.82) is 0 Å². The van der Waals surface area contributed by atoms with Gasteiger partial charge >= 0.3 is 11.7 Å². The van der Waals surface area contributed by atoms with Crippen LogP contribution < -0.4 is 15.4 Å². The maximum atomic E-state index is 13.2. The Morgan fingerprint density at radius 2 is 1.76 bits per heavy atom. The number of methoxy groups -OCH3 is 1. The van der Waals surface area contributed by atoms with E-state index in [0.717, 1.165) is 16.0 Å². The van der Waals surface area contributed by atoms with Crippen molar-refractivity contribution >= 4 is 32.8 Å². The summed E-state index contributed by atoms with van der Waals surface area (Å²) in [6.45, 7) is 3.55. The number of hydrogen-bond acceptors (Lipinski definition) is 8. The molecule has 2 aromatic carbocycles. The first-order valence-corrected chi connectivity index (χ1v) is 12.5. The third-order valence-electron chi connectivity index (χ3n) is 5.71. The highest BCUT2D eigenvalue weighted by atomic mass is 32.2. The smallest absolute Gasteiger partial charge is 0.420 e. The summed E-state index contributed by atoms with van der Waals surface area (Å²) in [5.74, 6) is -0.539. The number of oxazole rings is 1. The lowest BCUT2D eigenvalue weighted by atomic mass is 10.2. The van der Waals surface area contributed by atoms with Crippen LogP contribution in [-0.4, -0.2) is 63.2 Å². The van der Waals surface area contributed by atoms with Gasteiger partial charge in [-0.15, -0.1) is 0 Å². The topological polar surface area (TPSA) is 111 Å². The number of piperazine rings is 1. The minimum absolute atomic E-state index is 0.0346. The second-order valence-corrected chi connectivity index (χ2v) is 9.83. The Morgan fingerprint density at radius 3 is 2.41 bits per heavy atom. The van der Waals surface area contributed by atoms with Gasteiger partial charge in [0, 0.05) is 37.9 Å². The van der Waals surface area contributed by atoms with Crippen LogP contribution in [0.15, 0.2) is 56.6 Å². The highest BCUT2D eigenvalue weighted by Crippen LogP contribution is 2.25. The first-order chi connectivity index (χ1) is 16.3. The van der Waals surface area contributed by atoms with Crippen LogP contribution >= 0.6 is 0 Å². The monoisotopic (exact) mass is 489 g/mol. The lowest BCUT2D eigenvalue weighted by Crippen LogP contribution is -2.48. The number of esters is 1. The minimum Gasteiger partial charge on any atom is -0.497 e. The fraction of sp³-hybridized carbons (Fsp3) is 0.391. The lowest BCUT2D eigenvalue weighted by Gasteiger charge is -2.35. The van der Waals surface area contributed by atoms with Crippen molar-refractivity contribution in [3.63, 3.8) is 0 Å². The summed E-state index contributed by atoms with van der Waals surface area (Å²) in [5.41, 5.74) is 1.44. The maximum Gasteiger partial charge on any atom is 0.420 e. The Labute approximate surface area is 197 Å². The second kappa shape index (κ2) is 9.90. The summed E-state index contributed by atoms with van der Waals surface area (Å²) < 4.78 is 44.5. The number of sulfonamides is 1. The van der Waals surface area contributed by atoms with Crippen molar-refractivity contribution in [3.05, 3.63) is 53.0 Å². The zero-order valence-electron chi connectivity index (χ0n) is 19.1. The molecule has 0 bridgehead atoms. The molecule has 4 rings (SSSR count). The molecule has 1 aliphatic heterocycles. The van der Waals surface area contributed by atoms with E-state index in [4.69, 9.17) is 13.9 Å². The fourth-order valence-corrected chi connectivity index (χ4v) is 5.31. The number of fused-ring (bicyclic) bond motifs is 1. The van der Waals surface area contributed by atoms with E-state index in [1.54, 1.807) is 7.11 Å². The van der Waals surface area contributed by atoms with E-state index < -0.39 is 21.7 Å². The van der Waals surface area contributed by atoms with Gasteiger partial charge in [0.25, 0.3) is 0 Å². The van der Waals surface area contributed by atoms with Crippen LogP contribution in [0.1, 0.15) is 13.3 Å². The lowest BCUT2D eigenvalue weighted by molar-refractivity contribution is -0.144. The van der Waals surface area contributed by atoms with Gasteiger partial charge in [-0.25, -0.2) is 13.2 Å². The average Bonchev–Trinajstić information content (AvgIpc) is 3.16. The van der Waals surface area contributed by atoms with E-state index in [1.165, 1.54) is 22.5 Å². The van der Waals surface area contributed by atoms with Crippen LogP contribution in [-0.2, 0) is 26.1 Å². The number of anilines is 1. The Bertz CT molecular complexity index is 1320. The molecule has 0 N–H and O–H groups in total. The third kappa shape index (κ3) is 4.80. The molecule has 0 saturated carbocycles. The number of rotatable bonds is 8. The highest BCUT2D eigenvalue weighted by molar-refractivity contribution is 7.89. The molecule has 1 aromatic heterocycles. The molecule has 0 unspecified atom stereocenters. The van der Waals surface area contributed by atoms with Crippen LogP contribution in [0.2, 0.25) is 0 Å². The number of carbonyl (C=O) groups is 1. The van der Waals surface area contributed by atoms with Gasteiger partial charge in [-0.2, -0.15) is 4.31 Å². The van der Waals surface area contributed by atoms with Crippen LogP contribution in [0.4, 0.5) is 5.69 Å². The zero-order valence-corrected chi connectivity index (χ0v) is 19.9. The van der Waals surface area contributed by atoms with Gasteiger partial charge < -0.3 is 18.8 Å². The van der Waals surface area contributed by atoms with Crippen molar-refractivity contribution in [2.75, 3.05) is 44.8 Å². The van der Waals surface area contributed by atoms with E-state index in [9.17, 15) is 18.0 Å². The quantitative estimate of drug-likeness (QED) is 0.442. The minimum atomic E-state index is -3.78. The summed E-state index contributed by atoms with van der Waals surface area (Å²) in [6, 6.07) is 11.9. The summed E-state index contributed by atoms with van der Waals surface area (Å²) in [7, 11) is -2.18. The molecule has 2 heterocycles. The number of nitrogens with zero attached hydrogens (tertiary/aromatic N) is 3. The van der Waals surface area contributed by atoms with Gasteiger partial charge in [0.05, 0.1) is 24.1 Å². The predicted molar refractivity (Wildman–Crippen MR) is 126 cm³/mol. The number of benzene rings is 2. The molecule has 10 nitrogen and oxygen atoms in total. The SMILES string of the molecule is CCCOC(=O)Cn1c(=O)oc2cc(S(=O)(=O)N3CCN(c4ccc(OC)cc4)CC3)ccc21. The van der Waals surface area contributed by atoms with Gasteiger partial charge in [0.2, 0.25) is 10.0 Å². The van der Waals surface area contributed by atoms with Crippen LogP contribution in [0.25, 0.3) is 11.1 Å². The van der Waals surface area contributed by atoms with Crippen molar-refractivity contribution in [2.45, 2.75) is 24.8 Å². The number of hydrogen-bond donors (Lipinski definition) is 0. The van der Waals surface area contributed by atoms with Crippen LogP contribution in [0.3, 0.4) is 0 Å². The Balaban J connectivity index is 1.49. The summed E-state index contributed by atoms with van der Waals surface area (Å²) in [5, 5.41) is 0. The predicted octanol–water partition coefficient (Wildman–Crippen LogP) is 2.07. The first kappa shape index (κ1) is 23.8. The largest absolute Gasteiger partial charge is 0.497 e. The first-order valence-electron chi connectivity index (χ1n) is 11.0. The molecule has 11 heteroatoms. The average molecular weight is 490 g/mol. The van der Waals surface area contributed by atoms with E-state index in [0.29, 0.717) is 38.1 Å². The van der Waals surface area contributed by atoms with Crippen molar-refractivity contribution in [1.82, 2.24) is 8.87 Å². The Hall–Kier alpha value is -3.31. The van der Waals surface area contributed by atoms with Crippen molar-refractivity contribution in [2.24, 2.45) is 0 Å². The molecule has 34 heavy (non-hydrogen) atoms. The van der Waals surface area contributed by atoms with E-state index >= 15 is 0 Å². The van der Waals surface area contributed by atoms with E-state index in [1.807, 2.05) is 31.2 Å². The second-order valence-electron chi connectivity index (χ2n) is 7.89. The summed E-state index contributed by atoms with van der Waals surface area (Å²) in [6.07, 6.45) is 0.669. The van der Waals surface area contributed by atoms with Crippen molar-refractivity contribution in [3.8, 4) is 5.75 Å². The van der Waals surface area contributed by atoms with E-state index in [-0.39, 0.29) is 23.6 Å². The maximum absolute atomic E-state index is 13.2. The van der Waals surface area contributed by atoms with Crippen molar-refractivity contribution < 1.29 is 27.1 Å². The molecule has 3 aromatic rings. The summed E-state index contributed by atoms with van der Waals surface area (Å²) >= 11 is 0. The molecule has 1 saturated heterocycles. The normalized spacial score (nSPS) is 14.9. The van der Waals surface area contributed by atoms with Gasteiger partial charge in [0.15, 0.2) is 5.58 Å². The molecule has 1 fully saturated rings. The number of carbonyl (C=O) groups excluding carboxylic acids is 1. The third-order valence-corrected chi connectivity index (χ3v) is 7.60. The standard InChI is InChI=1S/C23H27N3O7S/c1-3-14-32-22(27)16-26-20-9-8-19(15-21(20)33-23(26)28)34(29,30)25-12-10-24(11-13-25)17-4-6-18(31-2)7-5-17/h4-9,15H,3,10-14,16H2,1-2H3. The molecule has 0 radical (unpaired) electrons. The van der Waals surface area contributed by atoms with Crippen LogP contribution in [0, 0.1) is 0 Å². The highest BCUT2D eigenvalue weighted by Gasteiger charge is 2.29. The van der Waals surface area contributed by atoms with E-state index in [2.05, 4.69) is 4.90 Å². The molecular formula is C23H27N3O7S. The van der Waals surface area contributed by atoms with Gasteiger partial charge in [-0.05, 0) is 42.8 Å². The Morgan fingerprint density at radius 1 is 1.06 bits per heavy atom. The van der Waals surface area contributed by atoms with Crippen LogP contribution in [0.5, 0.6) is 5.75 Å². The molecule has 1 aliphatic rings.